The Labute approximate surface area is 164 Å². The minimum Gasteiger partial charge on any atom is -0.452 e. The summed E-state index contributed by atoms with van der Waals surface area (Å²) in [6.07, 6.45) is -6.77. The zero-order chi connectivity index (χ0) is 20.5. The van der Waals surface area contributed by atoms with Gasteiger partial charge in [0.25, 0.3) is 6.02 Å². The number of nitrogens with zero attached hydrogens (tertiary/aromatic N) is 2. The number of aliphatic imine (C=N–C) groups is 1. The predicted octanol–water partition coefficient (Wildman–Crippen LogP) is 4.61. The van der Waals surface area contributed by atoms with Crippen LogP contribution in [0.4, 0.5) is 22.0 Å². The number of aromatic nitrogens is 1. The highest BCUT2D eigenvalue weighted by atomic mass is 79.9. The van der Waals surface area contributed by atoms with E-state index < -0.39 is 48.3 Å². The van der Waals surface area contributed by atoms with Crippen molar-refractivity contribution in [1.29, 1.82) is 0 Å². The maximum atomic E-state index is 14.5. The van der Waals surface area contributed by atoms with Crippen LogP contribution in [0, 0.1) is 5.82 Å². The molecule has 2 N–H and O–H groups in total. The summed E-state index contributed by atoms with van der Waals surface area (Å²) in [5.41, 5.74) is 2.71. The number of rotatable bonds is 4. The van der Waals surface area contributed by atoms with E-state index in [4.69, 9.17) is 10.5 Å². The number of hydrogen-bond acceptors (Lipinski definition) is 5. The van der Waals surface area contributed by atoms with E-state index in [-0.39, 0.29) is 11.6 Å². The van der Waals surface area contributed by atoms with Crippen molar-refractivity contribution in [3.63, 3.8) is 0 Å². The highest BCUT2D eigenvalue weighted by molar-refractivity contribution is 9.10. The molecule has 0 bridgehead atoms. The number of pyridine rings is 1. The molecule has 0 radical (unpaired) electrons. The summed E-state index contributed by atoms with van der Waals surface area (Å²) in [7, 11) is 0. The first-order valence-corrected chi connectivity index (χ1v) is 8.66. The Morgan fingerprint density at radius 2 is 2.04 bits per heavy atom. The van der Waals surface area contributed by atoms with Crippen molar-refractivity contribution in [3.05, 3.63) is 52.4 Å². The first kappa shape index (κ1) is 20.3. The number of ether oxygens (including phenoxy) is 2. The van der Waals surface area contributed by atoms with Gasteiger partial charge in [0.1, 0.15) is 23.8 Å². The Morgan fingerprint density at radius 3 is 2.68 bits per heavy atom. The standard InChI is InChI=1S/C17H13BrF5N3O2/c18-9-3-4-25-14(5-9)27-10-1-2-12(20)11(6-10)16(8-19)7-13(17(21,22)23)28-15(24)26-16/h1-6,13H,7-8H2,(H2,24,26). The smallest absolute Gasteiger partial charge is 0.425 e. The van der Waals surface area contributed by atoms with E-state index in [1.165, 1.54) is 18.3 Å². The summed E-state index contributed by atoms with van der Waals surface area (Å²) in [5.74, 6) is -0.769. The molecule has 11 heteroatoms. The van der Waals surface area contributed by atoms with Crippen molar-refractivity contribution in [2.45, 2.75) is 24.2 Å². The van der Waals surface area contributed by atoms with E-state index >= 15 is 0 Å². The van der Waals surface area contributed by atoms with Gasteiger partial charge in [-0.3, -0.25) is 0 Å². The highest BCUT2D eigenvalue weighted by Crippen LogP contribution is 2.42. The summed E-state index contributed by atoms with van der Waals surface area (Å²) in [5, 5.41) is 0. The molecular weight excluding hydrogens is 453 g/mol. The summed E-state index contributed by atoms with van der Waals surface area (Å²) < 4.78 is 78.4. The van der Waals surface area contributed by atoms with Crippen LogP contribution in [-0.4, -0.2) is 30.0 Å². The van der Waals surface area contributed by atoms with Gasteiger partial charge in [0.15, 0.2) is 6.10 Å². The lowest BCUT2D eigenvalue weighted by molar-refractivity contribution is -0.209. The van der Waals surface area contributed by atoms with E-state index in [9.17, 15) is 22.0 Å². The van der Waals surface area contributed by atoms with Crippen LogP contribution in [0.2, 0.25) is 0 Å². The molecule has 1 aromatic carbocycles. The first-order valence-electron chi connectivity index (χ1n) is 7.87. The second kappa shape index (κ2) is 7.53. The number of hydrogen-bond donors (Lipinski definition) is 1. The van der Waals surface area contributed by atoms with Gasteiger partial charge in [-0.05, 0) is 24.3 Å². The molecule has 3 rings (SSSR count). The molecule has 2 heterocycles. The molecule has 150 valence electrons. The monoisotopic (exact) mass is 465 g/mol. The van der Waals surface area contributed by atoms with Crippen molar-refractivity contribution in [2.75, 3.05) is 6.67 Å². The van der Waals surface area contributed by atoms with Crippen molar-refractivity contribution in [3.8, 4) is 11.6 Å². The van der Waals surface area contributed by atoms with Crippen molar-refractivity contribution in [1.82, 2.24) is 4.98 Å². The number of halogens is 6. The van der Waals surface area contributed by atoms with Crippen LogP contribution in [0.25, 0.3) is 0 Å². The van der Waals surface area contributed by atoms with Gasteiger partial charge in [0.05, 0.1) is 0 Å². The molecule has 1 aliphatic heterocycles. The molecule has 2 atom stereocenters. The Bertz CT molecular complexity index is 909. The van der Waals surface area contributed by atoms with Crippen LogP contribution in [0.5, 0.6) is 11.6 Å². The number of amidine groups is 1. The molecule has 0 aliphatic carbocycles. The van der Waals surface area contributed by atoms with Crippen LogP contribution in [0.1, 0.15) is 12.0 Å². The lowest BCUT2D eigenvalue weighted by Crippen LogP contribution is -2.48. The average molecular weight is 466 g/mol. The predicted molar refractivity (Wildman–Crippen MR) is 93.2 cm³/mol. The van der Waals surface area contributed by atoms with Gasteiger partial charge in [-0.15, -0.1) is 0 Å². The number of benzene rings is 1. The summed E-state index contributed by atoms with van der Waals surface area (Å²) in [6, 6.07) is 5.57. The lowest BCUT2D eigenvalue weighted by atomic mass is 9.84. The first-order chi connectivity index (χ1) is 13.1. The molecule has 0 spiro atoms. The van der Waals surface area contributed by atoms with Crippen molar-refractivity contribution < 1.29 is 31.4 Å². The van der Waals surface area contributed by atoms with Gasteiger partial charge in [-0.2, -0.15) is 13.2 Å². The molecule has 0 fully saturated rings. The third-order valence-corrected chi connectivity index (χ3v) is 4.55. The van der Waals surface area contributed by atoms with Crippen LogP contribution in [0.3, 0.4) is 0 Å². The molecule has 0 amide bonds. The summed E-state index contributed by atoms with van der Waals surface area (Å²) >= 11 is 3.23. The fraction of sp³-hybridized carbons (Fsp3) is 0.294. The molecule has 1 aliphatic rings. The van der Waals surface area contributed by atoms with Crippen LogP contribution < -0.4 is 10.5 Å². The molecule has 1 aromatic heterocycles. The second-order valence-electron chi connectivity index (χ2n) is 6.02. The Balaban J connectivity index is 2.01. The quantitative estimate of drug-likeness (QED) is 0.669. The molecular formula is C17H13BrF5N3O2. The number of nitrogens with two attached hydrogens (primary N) is 1. The maximum absolute atomic E-state index is 14.5. The van der Waals surface area contributed by atoms with Crippen LogP contribution in [-0.2, 0) is 10.3 Å². The van der Waals surface area contributed by atoms with Gasteiger partial charge < -0.3 is 15.2 Å². The van der Waals surface area contributed by atoms with E-state index in [1.807, 2.05) is 0 Å². The van der Waals surface area contributed by atoms with Gasteiger partial charge in [-0.1, -0.05) is 15.9 Å². The fourth-order valence-corrected chi connectivity index (χ4v) is 3.09. The zero-order valence-electron chi connectivity index (χ0n) is 14.0. The summed E-state index contributed by atoms with van der Waals surface area (Å²) in [6.45, 7) is -1.42. The van der Waals surface area contributed by atoms with E-state index in [0.29, 0.717) is 4.47 Å². The Hall–Kier alpha value is -2.43. The largest absolute Gasteiger partial charge is 0.452 e. The van der Waals surface area contributed by atoms with Gasteiger partial charge in [0.2, 0.25) is 5.88 Å². The molecule has 2 unspecified atom stereocenters. The maximum Gasteiger partial charge on any atom is 0.425 e. The van der Waals surface area contributed by atoms with Gasteiger partial charge in [0, 0.05) is 28.7 Å². The molecule has 2 aromatic rings. The second-order valence-corrected chi connectivity index (χ2v) is 6.94. The molecule has 28 heavy (non-hydrogen) atoms. The van der Waals surface area contributed by atoms with E-state index in [1.54, 1.807) is 6.07 Å². The minimum absolute atomic E-state index is 0.0404. The van der Waals surface area contributed by atoms with Crippen molar-refractivity contribution >= 4 is 22.0 Å². The minimum atomic E-state index is -4.83. The third kappa shape index (κ3) is 4.18. The normalized spacial score (nSPS) is 22.4. The lowest BCUT2D eigenvalue weighted by Gasteiger charge is -2.36. The van der Waals surface area contributed by atoms with E-state index in [2.05, 4.69) is 30.6 Å². The summed E-state index contributed by atoms with van der Waals surface area (Å²) in [4.78, 5) is 7.62. The highest BCUT2D eigenvalue weighted by Gasteiger charge is 2.52. The van der Waals surface area contributed by atoms with E-state index in [0.717, 1.165) is 12.1 Å². The van der Waals surface area contributed by atoms with Gasteiger partial charge >= 0.3 is 6.18 Å². The van der Waals surface area contributed by atoms with Crippen LogP contribution in [0.15, 0.2) is 46.0 Å². The van der Waals surface area contributed by atoms with Gasteiger partial charge in [-0.25, -0.2) is 18.8 Å². The molecule has 5 nitrogen and oxygen atoms in total. The molecule has 0 saturated carbocycles. The van der Waals surface area contributed by atoms with Crippen molar-refractivity contribution in [2.24, 2.45) is 10.7 Å². The Morgan fingerprint density at radius 1 is 1.29 bits per heavy atom. The Kier molecular flexibility index (Phi) is 5.46. The SMILES string of the molecule is NC1=NC(CF)(c2cc(Oc3cc(Br)ccn3)ccc2F)CC(C(F)(F)F)O1. The zero-order valence-corrected chi connectivity index (χ0v) is 15.6. The fourth-order valence-electron chi connectivity index (χ4n) is 2.77. The third-order valence-electron chi connectivity index (χ3n) is 4.05. The average Bonchev–Trinajstić information content (AvgIpc) is 2.62. The molecule has 0 saturated heterocycles. The topological polar surface area (TPSA) is 69.7 Å². The van der Waals surface area contributed by atoms with Crippen LogP contribution >= 0.6 is 15.9 Å². The number of alkyl halides is 4.